The summed E-state index contributed by atoms with van der Waals surface area (Å²) in [6.07, 6.45) is 0. The van der Waals surface area contributed by atoms with E-state index in [-0.39, 0.29) is 5.91 Å². The van der Waals surface area contributed by atoms with E-state index < -0.39 is 0 Å². The number of rotatable bonds is 2. The van der Waals surface area contributed by atoms with Crippen LogP contribution in [0.25, 0.3) is 0 Å². The van der Waals surface area contributed by atoms with Gasteiger partial charge in [0.05, 0.1) is 10.6 Å². The van der Waals surface area contributed by atoms with Gasteiger partial charge in [0.15, 0.2) is 0 Å². The molecule has 82 valence electrons. The Morgan fingerprint density at radius 3 is 2.62 bits per heavy atom. The number of benzene rings is 1. The summed E-state index contributed by atoms with van der Waals surface area (Å²) in [6.45, 7) is 1.99. The van der Waals surface area contributed by atoms with Gasteiger partial charge in [0.1, 0.15) is 0 Å². The summed E-state index contributed by atoms with van der Waals surface area (Å²) < 4.78 is 1.04. The molecule has 1 aromatic carbocycles. The molecule has 2 rings (SSSR count). The molecule has 0 aliphatic rings. The molecule has 0 saturated heterocycles. The van der Waals surface area contributed by atoms with Crippen LogP contribution in [-0.4, -0.2) is 5.91 Å². The van der Waals surface area contributed by atoms with Crippen LogP contribution in [-0.2, 0) is 0 Å². The zero-order valence-corrected chi connectivity index (χ0v) is 11.6. The van der Waals surface area contributed by atoms with Gasteiger partial charge in [-0.2, -0.15) is 0 Å². The van der Waals surface area contributed by atoms with Gasteiger partial charge in [-0.25, -0.2) is 0 Å². The smallest absolute Gasteiger partial charge is 0.265 e. The van der Waals surface area contributed by atoms with Crippen molar-refractivity contribution < 1.29 is 4.79 Å². The van der Waals surface area contributed by atoms with Crippen LogP contribution in [0, 0.1) is 10.5 Å². The van der Waals surface area contributed by atoms with Gasteiger partial charge in [0.25, 0.3) is 5.91 Å². The third-order valence-electron chi connectivity index (χ3n) is 2.09. The van der Waals surface area contributed by atoms with Crippen LogP contribution in [0.4, 0.5) is 5.69 Å². The van der Waals surface area contributed by atoms with Crippen molar-refractivity contribution in [3.63, 3.8) is 0 Å². The SMILES string of the molecule is Cc1ccc(C(=O)Nc2ccccc2I)s1. The van der Waals surface area contributed by atoms with Crippen molar-refractivity contribution in [3.05, 3.63) is 49.7 Å². The normalized spacial score (nSPS) is 10.1. The molecule has 1 amide bonds. The highest BCUT2D eigenvalue weighted by Gasteiger charge is 2.09. The Kier molecular flexibility index (Phi) is 3.60. The Morgan fingerprint density at radius 2 is 2.00 bits per heavy atom. The van der Waals surface area contributed by atoms with E-state index in [0.29, 0.717) is 0 Å². The quantitative estimate of drug-likeness (QED) is 0.823. The Morgan fingerprint density at radius 1 is 1.25 bits per heavy atom. The predicted molar refractivity (Wildman–Crippen MR) is 76.2 cm³/mol. The third kappa shape index (κ3) is 2.62. The molecule has 1 heterocycles. The van der Waals surface area contributed by atoms with E-state index in [4.69, 9.17) is 0 Å². The third-order valence-corrected chi connectivity index (χ3v) is 4.03. The molecule has 0 spiro atoms. The first-order valence-corrected chi connectivity index (χ1v) is 6.68. The lowest BCUT2D eigenvalue weighted by atomic mass is 10.3. The summed E-state index contributed by atoms with van der Waals surface area (Å²) in [7, 11) is 0. The molecule has 0 aliphatic carbocycles. The molecule has 4 heteroatoms. The maximum absolute atomic E-state index is 11.9. The molecule has 0 radical (unpaired) electrons. The second kappa shape index (κ2) is 4.97. The van der Waals surface area contributed by atoms with E-state index in [2.05, 4.69) is 27.9 Å². The minimum atomic E-state index is -0.0396. The highest BCUT2D eigenvalue weighted by molar-refractivity contribution is 14.1. The first-order valence-electron chi connectivity index (χ1n) is 4.79. The summed E-state index contributed by atoms with van der Waals surface area (Å²) in [5.74, 6) is -0.0396. The van der Waals surface area contributed by atoms with Gasteiger partial charge in [0, 0.05) is 8.45 Å². The Labute approximate surface area is 112 Å². The average Bonchev–Trinajstić information content (AvgIpc) is 2.68. The standard InChI is InChI=1S/C12H10INOS/c1-8-6-7-11(16-8)12(15)14-10-5-3-2-4-9(10)13/h2-7H,1H3,(H,14,15). The molecule has 1 aromatic heterocycles. The molecule has 0 atom stereocenters. The summed E-state index contributed by atoms with van der Waals surface area (Å²) in [5, 5.41) is 2.90. The van der Waals surface area contributed by atoms with E-state index in [0.717, 1.165) is 19.0 Å². The van der Waals surface area contributed by atoms with Crippen LogP contribution in [0.15, 0.2) is 36.4 Å². The molecule has 0 aliphatic heterocycles. The Bertz CT molecular complexity index is 521. The molecular formula is C12H10INOS. The second-order valence-electron chi connectivity index (χ2n) is 3.34. The number of halogens is 1. The Balaban J connectivity index is 2.17. The van der Waals surface area contributed by atoms with Gasteiger partial charge in [0.2, 0.25) is 0 Å². The second-order valence-corrected chi connectivity index (χ2v) is 5.79. The van der Waals surface area contributed by atoms with Crippen LogP contribution in [0.1, 0.15) is 14.5 Å². The van der Waals surface area contributed by atoms with Gasteiger partial charge in [-0.3, -0.25) is 4.79 Å². The van der Waals surface area contributed by atoms with E-state index in [9.17, 15) is 4.79 Å². The number of aryl methyl sites for hydroxylation is 1. The topological polar surface area (TPSA) is 29.1 Å². The van der Waals surface area contributed by atoms with Crippen LogP contribution < -0.4 is 5.32 Å². The summed E-state index contributed by atoms with van der Waals surface area (Å²) in [4.78, 5) is 13.8. The summed E-state index contributed by atoms with van der Waals surface area (Å²) >= 11 is 3.71. The molecule has 16 heavy (non-hydrogen) atoms. The Hall–Kier alpha value is -0.880. The van der Waals surface area contributed by atoms with Crippen LogP contribution in [0.3, 0.4) is 0 Å². The van der Waals surface area contributed by atoms with E-state index >= 15 is 0 Å². The maximum Gasteiger partial charge on any atom is 0.265 e. The van der Waals surface area contributed by atoms with Crippen molar-refractivity contribution in [3.8, 4) is 0 Å². The van der Waals surface area contributed by atoms with Crippen molar-refractivity contribution in [2.24, 2.45) is 0 Å². The maximum atomic E-state index is 11.9. The first kappa shape index (κ1) is 11.6. The molecular weight excluding hydrogens is 333 g/mol. The fourth-order valence-corrected chi connectivity index (χ4v) is 2.59. The van der Waals surface area contributed by atoms with Crippen molar-refractivity contribution in [1.29, 1.82) is 0 Å². The average molecular weight is 343 g/mol. The summed E-state index contributed by atoms with van der Waals surface area (Å²) in [5.41, 5.74) is 0.860. The number of carbonyl (C=O) groups excluding carboxylic acids is 1. The van der Waals surface area contributed by atoms with Crippen molar-refractivity contribution in [2.75, 3.05) is 5.32 Å². The van der Waals surface area contributed by atoms with Crippen LogP contribution in [0.5, 0.6) is 0 Å². The minimum absolute atomic E-state index is 0.0396. The predicted octanol–water partition coefficient (Wildman–Crippen LogP) is 3.91. The van der Waals surface area contributed by atoms with Gasteiger partial charge in [-0.15, -0.1) is 11.3 Å². The molecule has 0 bridgehead atoms. The lowest BCUT2D eigenvalue weighted by molar-refractivity contribution is 0.103. The zero-order valence-electron chi connectivity index (χ0n) is 8.66. The minimum Gasteiger partial charge on any atom is -0.320 e. The monoisotopic (exact) mass is 343 g/mol. The van der Waals surface area contributed by atoms with Gasteiger partial charge < -0.3 is 5.32 Å². The van der Waals surface area contributed by atoms with Gasteiger partial charge in [-0.05, 0) is 53.8 Å². The number of carbonyl (C=O) groups is 1. The van der Waals surface area contributed by atoms with Crippen molar-refractivity contribution in [2.45, 2.75) is 6.92 Å². The van der Waals surface area contributed by atoms with E-state index in [1.807, 2.05) is 43.3 Å². The first-order chi connectivity index (χ1) is 7.66. The van der Waals surface area contributed by atoms with Crippen molar-refractivity contribution in [1.82, 2.24) is 0 Å². The number of hydrogen-bond acceptors (Lipinski definition) is 2. The lowest BCUT2D eigenvalue weighted by Gasteiger charge is -2.05. The van der Waals surface area contributed by atoms with Gasteiger partial charge in [-0.1, -0.05) is 12.1 Å². The number of anilines is 1. The molecule has 0 saturated carbocycles. The number of para-hydroxylation sites is 1. The van der Waals surface area contributed by atoms with E-state index in [1.54, 1.807) is 0 Å². The van der Waals surface area contributed by atoms with E-state index in [1.165, 1.54) is 11.3 Å². The lowest BCUT2D eigenvalue weighted by Crippen LogP contribution is -2.10. The molecule has 1 N–H and O–H groups in total. The van der Waals surface area contributed by atoms with Crippen LogP contribution in [0.2, 0.25) is 0 Å². The fraction of sp³-hybridized carbons (Fsp3) is 0.0833. The van der Waals surface area contributed by atoms with Gasteiger partial charge >= 0.3 is 0 Å². The number of thiophene rings is 1. The fourth-order valence-electron chi connectivity index (χ4n) is 1.30. The number of hydrogen-bond donors (Lipinski definition) is 1. The van der Waals surface area contributed by atoms with Crippen LogP contribution >= 0.6 is 33.9 Å². The molecule has 2 aromatic rings. The number of amides is 1. The molecule has 0 fully saturated rings. The van der Waals surface area contributed by atoms with Crippen molar-refractivity contribution >= 4 is 45.5 Å². The largest absolute Gasteiger partial charge is 0.320 e. The number of nitrogens with one attached hydrogen (secondary N) is 1. The highest BCUT2D eigenvalue weighted by Crippen LogP contribution is 2.20. The summed E-state index contributed by atoms with van der Waals surface area (Å²) in [6, 6.07) is 11.5. The highest BCUT2D eigenvalue weighted by atomic mass is 127. The molecule has 0 unspecified atom stereocenters. The zero-order chi connectivity index (χ0) is 11.5. The molecule has 2 nitrogen and oxygen atoms in total.